The summed E-state index contributed by atoms with van der Waals surface area (Å²) >= 11 is 4.20. The number of hydrogen-bond donors (Lipinski definition) is 2. The number of hydrogen-bond acceptors (Lipinski definition) is 4. The highest BCUT2D eigenvalue weighted by molar-refractivity contribution is 9.11. The van der Waals surface area contributed by atoms with E-state index in [4.69, 9.17) is 5.73 Å². The van der Waals surface area contributed by atoms with E-state index in [9.17, 15) is 17.2 Å². The fourth-order valence-electron chi connectivity index (χ4n) is 1.40. The van der Waals surface area contributed by atoms with Gasteiger partial charge in [0.2, 0.25) is 0 Å². The summed E-state index contributed by atoms with van der Waals surface area (Å²) in [6.45, 7) is 1.73. The normalized spacial score (nSPS) is 11.6. The first-order valence-corrected chi connectivity index (χ1v) is 8.33. The average molecular weight is 383 g/mol. The molecule has 4 nitrogen and oxygen atoms in total. The molecule has 9 heteroatoms. The van der Waals surface area contributed by atoms with Crippen LogP contribution in [0.5, 0.6) is 0 Å². The van der Waals surface area contributed by atoms with Crippen molar-refractivity contribution in [2.75, 3.05) is 10.5 Å². The van der Waals surface area contributed by atoms with Crippen molar-refractivity contribution in [2.45, 2.75) is 11.1 Å². The van der Waals surface area contributed by atoms with Gasteiger partial charge in [0, 0.05) is 6.07 Å². The largest absolute Gasteiger partial charge is 0.396 e. The first kappa shape index (κ1) is 15.2. The lowest BCUT2D eigenvalue weighted by Crippen LogP contribution is -2.13. The Morgan fingerprint density at radius 2 is 1.90 bits per heavy atom. The van der Waals surface area contributed by atoms with Crippen molar-refractivity contribution in [2.24, 2.45) is 0 Å². The minimum Gasteiger partial charge on any atom is -0.396 e. The summed E-state index contributed by atoms with van der Waals surface area (Å²) in [4.78, 5) is 0. The summed E-state index contributed by atoms with van der Waals surface area (Å²) < 4.78 is 53.5. The Bertz CT molecular complexity index is 755. The molecule has 0 amide bonds. The quantitative estimate of drug-likeness (QED) is 0.798. The maximum absolute atomic E-state index is 13.5. The Hall–Kier alpha value is -1.19. The van der Waals surface area contributed by atoms with Gasteiger partial charge in [0.15, 0.2) is 0 Å². The van der Waals surface area contributed by atoms with Gasteiger partial charge < -0.3 is 5.73 Å². The molecule has 2 rings (SSSR count). The van der Waals surface area contributed by atoms with Gasteiger partial charge in [-0.15, -0.1) is 11.3 Å². The number of anilines is 2. The number of nitrogens with two attached hydrogens (primary N) is 1. The molecule has 0 spiro atoms. The molecule has 0 aliphatic carbocycles. The van der Waals surface area contributed by atoms with Crippen LogP contribution in [0.1, 0.15) is 5.56 Å². The molecule has 0 unspecified atom stereocenters. The Morgan fingerprint density at radius 1 is 1.25 bits per heavy atom. The summed E-state index contributed by atoms with van der Waals surface area (Å²) in [7, 11) is -3.95. The van der Waals surface area contributed by atoms with Crippen molar-refractivity contribution >= 4 is 48.7 Å². The summed E-state index contributed by atoms with van der Waals surface area (Å²) in [6, 6.07) is 2.88. The molecule has 0 saturated carbocycles. The third kappa shape index (κ3) is 2.94. The zero-order valence-corrected chi connectivity index (χ0v) is 13.3. The highest BCUT2D eigenvalue weighted by Crippen LogP contribution is 2.32. The summed E-state index contributed by atoms with van der Waals surface area (Å²) in [5.41, 5.74) is 5.30. The lowest BCUT2D eigenvalue weighted by molar-refractivity contribution is 0.585. The van der Waals surface area contributed by atoms with E-state index in [1.54, 1.807) is 6.92 Å². The zero-order chi connectivity index (χ0) is 15.1. The van der Waals surface area contributed by atoms with Crippen LogP contribution in [-0.4, -0.2) is 8.42 Å². The Morgan fingerprint density at radius 3 is 2.45 bits per heavy atom. The Kier molecular flexibility index (Phi) is 4.03. The van der Waals surface area contributed by atoms with Gasteiger partial charge in [-0.05, 0) is 40.5 Å². The van der Waals surface area contributed by atoms with Crippen molar-refractivity contribution in [3.05, 3.63) is 39.2 Å². The Labute approximate surface area is 126 Å². The minimum absolute atomic E-state index is 0.0178. The van der Waals surface area contributed by atoms with Gasteiger partial charge in [0.05, 0.1) is 15.2 Å². The molecule has 0 aliphatic rings. The molecule has 1 heterocycles. The van der Waals surface area contributed by atoms with Crippen LogP contribution in [-0.2, 0) is 10.0 Å². The van der Waals surface area contributed by atoms with Crippen molar-refractivity contribution < 1.29 is 17.2 Å². The topological polar surface area (TPSA) is 72.2 Å². The molecular formula is C11H9BrF2N2O2S2. The monoisotopic (exact) mass is 382 g/mol. The van der Waals surface area contributed by atoms with Crippen LogP contribution in [0.25, 0.3) is 0 Å². The second kappa shape index (κ2) is 5.30. The van der Waals surface area contributed by atoms with Crippen molar-refractivity contribution in [3.8, 4) is 0 Å². The lowest BCUT2D eigenvalue weighted by atomic mass is 10.2. The summed E-state index contributed by atoms with van der Waals surface area (Å²) in [6.07, 6.45) is 0. The number of rotatable bonds is 3. The first-order chi connectivity index (χ1) is 9.20. The van der Waals surface area contributed by atoms with E-state index >= 15 is 0 Å². The number of nitrogens with one attached hydrogen (secondary N) is 1. The van der Waals surface area contributed by atoms with E-state index in [1.165, 1.54) is 6.07 Å². The van der Waals surface area contributed by atoms with Gasteiger partial charge in [-0.25, -0.2) is 17.2 Å². The number of aryl methyl sites for hydroxylation is 1. The van der Waals surface area contributed by atoms with Crippen LogP contribution >= 0.6 is 27.3 Å². The fourth-order valence-corrected chi connectivity index (χ4v) is 4.69. The van der Waals surface area contributed by atoms with E-state index in [2.05, 4.69) is 20.7 Å². The number of nitrogen functional groups attached to an aromatic ring is 1. The second-order valence-electron chi connectivity index (χ2n) is 3.98. The molecule has 0 aliphatic heterocycles. The fraction of sp³-hybridized carbons (Fsp3) is 0.0909. The third-order valence-corrected chi connectivity index (χ3v) is 6.41. The highest BCUT2D eigenvalue weighted by atomic mass is 79.9. The third-order valence-electron chi connectivity index (χ3n) is 2.43. The van der Waals surface area contributed by atoms with E-state index < -0.39 is 27.3 Å². The molecule has 108 valence electrons. The van der Waals surface area contributed by atoms with Crippen LogP contribution in [0.2, 0.25) is 0 Å². The molecule has 0 radical (unpaired) electrons. The zero-order valence-electron chi connectivity index (χ0n) is 10.1. The van der Waals surface area contributed by atoms with Gasteiger partial charge >= 0.3 is 0 Å². The number of benzene rings is 1. The average Bonchev–Trinajstić information content (AvgIpc) is 2.67. The maximum Gasteiger partial charge on any atom is 0.271 e. The van der Waals surface area contributed by atoms with E-state index in [-0.39, 0.29) is 9.90 Å². The van der Waals surface area contributed by atoms with E-state index in [0.29, 0.717) is 9.85 Å². The number of thiophene rings is 1. The SMILES string of the molecule is Cc1cc(S(=O)(=O)Nc2cc(N)c(F)cc2F)sc1Br. The van der Waals surface area contributed by atoms with Crippen LogP contribution < -0.4 is 10.5 Å². The van der Waals surface area contributed by atoms with Gasteiger partial charge in [-0.3, -0.25) is 4.72 Å². The molecule has 2 aromatic rings. The second-order valence-corrected chi connectivity index (χ2v) is 8.26. The molecule has 0 fully saturated rings. The van der Waals surface area contributed by atoms with Gasteiger partial charge in [-0.1, -0.05) is 0 Å². The van der Waals surface area contributed by atoms with Crippen LogP contribution in [0, 0.1) is 18.6 Å². The van der Waals surface area contributed by atoms with E-state index in [0.717, 1.165) is 23.0 Å². The molecule has 0 atom stereocenters. The van der Waals surface area contributed by atoms with E-state index in [1.807, 2.05) is 0 Å². The van der Waals surface area contributed by atoms with Gasteiger partial charge in [0.25, 0.3) is 10.0 Å². The number of halogens is 3. The van der Waals surface area contributed by atoms with Crippen LogP contribution in [0.4, 0.5) is 20.2 Å². The number of sulfonamides is 1. The minimum atomic E-state index is -3.95. The molecule has 1 aromatic carbocycles. The summed E-state index contributed by atoms with van der Waals surface area (Å²) in [5, 5.41) is 0. The first-order valence-electron chi connectivity index (χ1n) is 5.24. The molecule has 20 heavy (non-hydrogen) atoms. The van der Waals surface area contributed by atoms with Crippen LogP contribution in [0.15, 0.2) is 26.2 Å². The molecular weight excluding hydrogens is 374 g/mol. The molecule has 0 bridgehead atoms. The highest BCUT2D eigenvalue weighted by Gasteiger charge is 2.20. The summed E-state index contributed by atoms with van der Waals surface area (Å²) in [5.74, 6) is -1.98. The molecule has 3 N–H and O–H groups in total. The predicted octanol–water partition coefficient (Wildman–Crippen LogP) is 3.48. The smallest absolute Gasteiger partial charge is 0.271 e. The van der Waals surface area contributed by atoms with Crippen LogP contribution in [0.3, 0.4) is 0 Å². The van der Waals surface area contributed by atoms with Crippen molar-refractivity contribution in [1.29, 1.82) is 0 Å². The Balaban J connectivity index is 2.40. The predicted molar refractivity (Wildman–Crippen MR) is 78.3 cm³/mol. The van der Waals surface area contributed by atoms with Crippen molar-refractivity contribution in [3.63, 3.8) is 0 Å². The molecule has 0 saturated heterocycles. The maximum atomic E-state index is 13.5. The standard InChI is InChI=1S/C11H9BrF2N2O2S2/c1-5-2-10(19-11(5)12)20(17,18)16-9-4-8(15)6(13)3-7(9)14/h2-4,16H,15H2,1H3. The van der Waals surface area contributed by atoms with Gasteiger partial charge in [-0.2, -0.15) is 0 Å². The molecule has 1 aromatic heterocycles. The lowest BCUT2D eigenvalue weighted by Gasteiger charge is -2.08. The van der Waals surface area contributed by atoms with Crippen molar-refractivity contribution in [1.82, 2.24) is 0 Å². The van der Waals surface area contributed by atoms with Gasteiger partial charge in [0.1, 0.15) is 15.8 Å².